The maximum Gasteiger partial charge on any atom is 0.137 e. The third-order valence-corrected chi connectivity index (χ3v) is 3.62. The molecule has 1 heterocycles. The van der Waals surface area contributed by atoms with Crippen LogP contribution in [0.2, 0.25) is 0 Å². The number of nitriles is 1. The fourth-order valence-electron chi connectivity index (χ4n) is 1.58. The number of anilines is 1. The lowest BCUT2D eigenvalue weighted by molar-refractivity contribution is 0.890. The zero-order chi connectivity index (χ0) is 10.9. The Kier molecular flexibility index (Phi) is 2.57. The summed E-state index contributed by atoms with van der Waals surface area (Å²) in [6, 6.07) is 4.39. The van der Waals surface area contributed by atoms with Crippen molar-refractivity contribution in [1.82, 2.24) is 4.98 Å². The summed E-state index contributed by atoms with van der Waals surface area (Å²) in [5.74, 6) is 1.54. The number of nitrogens with two attached hydrogens (primary N) is 1. The largest absolute Gasteiger partial charge is 0.383 e. The fraction of sp³-hybridized carbons (Fsp3) is 0.455. The van der Waals surface area contributed by atoms with E-state index in [1.165, 1.54) is 0 Å². The molecule has 1 fully saturated rings. The molecule has 1 saturated carbocycles. The van der Waals surface area contributed by atoms with Crippen molar-refractivity contribution in [3.8, 4) is 6.07 Å². The van der Waals surface area contributed by atoms with Crippen molar-refractivity contribution in [2.24, 2.45) is 0 Å². The Bertz CT molecular complexity index is 418. The number of pyridine rings is 1. The number of nitrogens with zero attached hydrogens (tertiary/aromatic N) is 2. The quantitative estimate of drug-likeness (QED) is 0.792. The van der Waals surface area contributed by atoms with Gasteiger partial charge in [0.1, 0.15) is 5.82 Å². The van der Waals surface area contributed by atoms with Crippen molar-refractivity contribution in [2.45, 2.75) is 30.1 Å². The van der Waals surface area contributed by atoms with Crippen molar-refractivity contribution >= 4 is 17.6 Å². The molecule has 3 nitrogen and oxygen atoms in total. The molecule has 0 saturated heterocycles. The average molecular weight is 219 g/mol. The molecular formula is C11H13N3S. The van der Waals surface area contributed by atoms with Crippen LogP contribution in [0.4, 0.5) is 5.82 Å². The van der Waals surface area contributed by atoms with Crippen molar-refractivity contribution in [2.75, 3.05) is 11.5 Å². The zero-order valence-electron chi connectivity index (χ0n) is 8.66. The molecule has 0 atom stereocenters. The standard InChI is InChI=1S/C11H13N3S/c1-2-15-9-5-8(6-14-10(9)13)11(7-12)3-4-11/h5-6H,2-4H2,1H3,(H2,13,14). The predicted molar refractivity (Wildman–Crippen MR) is 61.6 cm³/mol. The van der Waals surface area contributed by atoms with Gasteiger partial charge in [-0.05, 0) is 30.2 Å². The predicted octanol–water partition coefficient (Wildman–Crippen LogP) is 2.33. The molecule has 0 aliphatic heterocycles. The van der Waals surface area contributed by atoms with Gasteiger partial charge in [-0.25, -0.2) is 4.98 Å². The van der Waals surface area contributed by atoms with E-state index in [9.17, 15) is 0 Å². The van der Waals surface area contributed by atoms with Gasteiger partial charge in [0.25, 0.3) is 0 Å². The molecule has 0 aromatic carbocycles. The normalized spacial score (nSPS) is 17.1. The Balaban J connectivity index is 2.35. The van der Waals surface area contributed by atoms with Gasteiger partial charge in [-0.15, -0.1) is 11.8 Å². The second-order valence-corrected chi connectivity index (χ2v) is 5.04. The molecular weight excluding hydrogens is 206 g/mol. The summed E-state index contributed by atoms with van der Waals surface area (Å²) < 4.78 is 0. The lowest BCUT2D eigenvalue weighted by Crippen LogP contribution is -2.05. The van der Waals surface area contributed by atoms with Crippen LogP contribution in [0.1, 0.15) is 25.3 Å². The van der Waals surface area contributed by atoms with Gasteiger partial charge < -0.3 is 5.73 Å². The summed E-state index contributed by atoms with van der Waals surface area (Å²) in [5, 5.41) is 9.08. The molecule has 0 radical (unpaired) electrons. The summed E-state index contributed by atoms with van der Waals surface area (Å²) in [4.78, 5) is 5.15. The van der Waals surface area contributed by atoms with Crippen molar-refractivity contribution < 1.29 is 0 Å². The van der Waals surface area contributed by atoms with Crippen molar-refractivity contribution in [3.63, 3.8) is 0 Å². The number of thioether (sulfide) groups is 1. The highest BCUT2D eigenvalue weighted by molar-refractivity contribution is 7.99. The maximum absolute atomic E-state index is 9.08. The Morgan fingerprint density at radius 2 is 2.40 bits per heavy atom. The first-order valence-electron chi connectivity index (χ1n) is 5.02. The van der Waals surface area contributed by atoms with E-state index in [-0.39, 0.29) is 5.41 Å². The molecule has 0 unspecified atom stereocenters. The topological polar surface area (TPSA) is 62.7 Å². The molecule has 0 spiro atoms. The lowest BCUT2D eigenvalue weighted by Gasteiger charge is -2.09. The van der Waals surface area contributed by atoms with Crippen LogP contribution in [0.5, 0.6) is 0 Å². The Morgan fingerprint density at radius 1 is 1.67 bits per heavy atom. The number of nitrogen functional groups attached to an aromatic ring is 1. The van der Waals surface area contributed by atoms with Gasteiger partial charge in [0.05, 0.1) is 11.5 Å². The summed E-state index contributed by atoms with van der Waals surface area (Å²) in [6.45, 7) is 2.08. The number of rotatable bonds is 3. The average Bonchev–Trinajstić information content (AvgIpc) is 3.02. The highest BCUT2D eigenvalue weighted by atomic mass is 32.2. The van der Waals surface area contributed by atoms with E-state index in [0.29, 0.717) is 5.82 Å². The van der Waals surface area contributed by atoms with E-state index >= 15 is 0 Å². The molecule has 0 amide bonds. The van der Waals surface area contributed by atoms with Crippen LogP contribution in [-0.4, -0.2) is 10.7 Å². The monoisotopic (exact) mass is 219 g/mol. The summed E-state index contributed by atoms with van der Waals surface area (Å²) in [6.07, 6.45) is 3.64. The first-order valence-corrected chi connectivity index (χ1v) is 6.00. The molecule has 2 N–H and O–H groups in total. The van der Waals surface area contributed by atoms with Gasteiger partial charge in [0.15, 0.2) is 0 Å². The summed E-state index contributed by atoms with van der Waals surface area (Å²) >= 11 is 1.67. The minimum absolute atomic E-state index is 0.260. The highest BCUT2D eigenvalue weighted by Gasteiger charge is 2.45. The van der Waals surface area contributed by atoms with Crippen molar-refractivity contribution in [1.29, 1.82) is 5.26 Å². The van der Waals surface area contributed by atoms with Gasteiger partial charge in [-0.3, -0.25) is 0 Å². The van der Waals surface area contributed by atoms with E-state index in [1.54, 1.807) is 18.0 Å². The minimum atomic E-state index is -0.260. The van der Waals surface area contributed by atoms with Crippen LogP contribution in [-0.2, 0) is 5.41 Å². The van der Waals surface area contributed by atoms with Crippen LogP contribution >= 0.6 is 11.8 Å². The van der Waals surface area contributed by atoms with Gasteiger partial charge in [0.2, 0.25) is 0 Å². The number of hydrogen-bond acceptors (Lipinski definition) is 4. The van der Waals surface area contributed by atoms with Gasteiger partial charge in [-0.1, -0.05) is 6.92 Å². The third-order valence-electron chi connectivity index (χ3n) is 2.70. The molecule has 0 bridgehead atoms. The SMILES string of the molecule is CCSc1cc(C2(C#N)CC2)cnc1N. The van der Waals surface area contributed by atoms with E-state index < -0.39 is 0 Å². The number of aromatic nitrogens is 1. The molecule has 1 aliphatic rings. The van der Waals surface area contributed by atoms with Crippen LogP contribution < -0.4 is 5.73 Å². The van der Waals surface area contributed by atoms with E-state index in [4.69, 9.17) is 11.0 Å². The number of hydrogen-bond donors (Lipinski definition) is 1. The fourth-order valence-corrected chi connectivity index (χ4v) is 2.30. The van der Waals surface area contributed by atoms with Gasteiger partial charge in [0, 0.05) is 11.1 Å². The van der Waals surface area contributed by atoms with E-state index in [2.05, 4.69) is 18.0 Å². The minimum Gasteiger partial charge on any atom is -0.383 e. The van der Waals surface area contributed by atoms with E-state index in [0.717, 1.165) is 29.1 Å². The third kappa shape index (κ3) is 1.80. The first kappa shape index (κ1) is 10.3. The summed E-state index contributed by atoms with van der Waals surface area (Å²) in [5.41, 5.74) is 6.53. The molecule has 1 aromatic heterocycles. The Hall–Kier alpha value is -1.21. The first-order chi connectivity index (χ1) is 7.22. The van der Waals surface area contributed by atoms with Crippen molar-refractivity contribution in [3.05, 3.63) is 17.8 Å². The van der Waals surface area contributed by atoms with Crippen LogP contribution in [0.25, 0.3) is 0 Å². The Labute approximate surface area is 93.7 Å². The van der Waals surface area contributed by atoms with Gasteiger partial charge in [-0.2, -0.15) is 5.26 Å². The van der Waals surface area contributed by atoms with E-state index in [1.807, 2.05) is 6.07 Å². The lowest BCUT2D eigenvalue weighted by atomic mass is 10.00. The maximum atomic E-state index is 9.08. The molecule has 1 aromatic rings. The molecule has 4 heteroatoms. The highest BCUT2D eigenvalue weighted by Crippen LogP contribution is 2.48. The molecule has 78 valence electrons. The second kappa shape index (κ2) is 3.74. The van der Waals surface area contributed by atoms with Crippen LogP contribution in [0, 0.1) is 11.3 Å². The van der Waals surface area contributed by atoms with Gasteiger partial charge >= 0.3 is 0 Å². The Morgan fingerprint density at radius 3 is 2.93 bits per heavy atom. The van der Waals surface area contributed by atoms with Crippen LogP contribution in [0.3, 0.4) is 0 Å². The second-order valence-electron chi connectivity index (χ2n) is 3.73. The summed E-state index contributed by atoms with van der Waals surface area (Å²) in [7, 11) is 0. The molecule has 2 rings (SSSR count). The smallest absolute Gasteiger partial charge is 0.137 e. The zero-order valence-corrected chi connectivity index (χ0v) is 9.47. The molecule has 15 heavy (non-hydrogen) atoms. The molecule has 1 aliphatic carbocycles. The van der Waals surface area contributed by atoms with Crippen LogP contribution in [0.15, 0.2) is 17.2 Å².